The van der Waals surface area contributed by atoms with Gasteiger partial charge in [-0.2, -0.15) is 0 Å². The van der Waals surface area contributed by atoms with Crippen molar-refractivity contribution in [3.63, 3.8) is 0 Å². The van der Waals surface area contributed by atoms with E-state index in [0.29, 0.717) is 6.61 Å². The summed E-state index contributed by atoms with van der Waals surface area (Å²) in [4.78, 5) is 22.1. The van der Waals surface area contributed by atoms with Crippen molar-refractivity contribution >= 4 is 11.8 Å². The SMILES string of the molecule is COCc1cc(N2CCC(C(=O)OC)CC2)ncn1. The number of anilines is 1. The summed E-state index contributed by atoms with van der Waals surface area (Å²) in [6, 6.07) is 1.93. The lowest BCUT2D eigenvalue weighted by Gasteiger charge is -2.31. The summed E-state index contributed by atoms with van der Waals surface area (Å²) in [6.07, 6.45) is 3.16. The van der Waals surface area contributed by atoms with Crippen LogP contribution in [0.5, 0.6) is 0 Å². The topological polar surface area (TPSA) is 64.5 Å². The number of piperidine rings is 1. The fourth-order valence-electron chi connectivity index (χ4n) is 2.30. The molecule has 104 valence electrons. The Morgan fingerprint density at radius 3 is 2.74 bits per heavy atom. The molecule has 1 aliphatic heterocycles. The van der Waals surface area contributed by atoms with Gasteiger partial charge >= 0.3 is 5.97 Å². The molecule has 6 nitrogen and oxygen atoms in total. The van der Waals surface area contributed by atoms with E-state index < -0.39 is 0 Å². The van der Waals surface area contributed by atoms with Gasteiger partial charge in [0, 0.05) is 26.3 Å². The predicted octanol–water partition coefficient (Wildman–Crippen LogP) is 1.01. The van der Waals surface area contributed by atoms with E-state index in [9.17, 15) is 4.79 Å². The van der Waals surface area contributed by atoms with E-state index in [1.807, 2.05) is 6.07 Å². The fraction of sp³-hybridized carbons (Fsp3) is 0.615. The first kappa shape index (κ1) is 13.7. The van der Waals surface area contributed by atoms with E-state index in [1.54, 1.807) is 13.4 Å². The summed E-state index contributed by atoms with van der Waals surface area (Å²) in [5.74, 6) is 0.800. The molecule has 1 aromatic heterocycles. The van der Waals surface area contributed by atoms with Crippen LogP contribution in [0.3, 0.4) is 0 Å². The number of aromatic nitrogens is 2. The Labute approximate surface area is 112 Å². The molecule has 0 radical (unpaired) electrons. The molecule has 1 saturated heterocycles. The van der Waals surface area contributed by atoms with Gasteiger partial charge in [-0.15, -0.1) is 0 Å². The van der Waals surface area contributed by atoms with Crippen LogP contribution in [-0.4, -0.2) is 43.2 Å². The minimum atomic E-state index is -0.109. The third kappa shape index (κ3) is 3.41. The maximum Gasteiger partial charge on any atom is 0.308 e. The minimum absolute atomic E-state index is 0.0153. The summed E-state index contributed by atoms with van der Waals surface area (Å²) in [5, 5.41) is 0. The van der Waals surface area contributed by atoms with Crippen molar-refractivity contribution < 1.29 is 14.3 Å². The van der Waals surface area contributed by atoms with Crippen LogP contribution in [0.2, 0.25) is 0 Å². The molecule has 1 fully saturated rings. The molecule has 0 atom stereocenters. The van der Waals surface area contributed by atoms with Crippen LogP contribution in [0.25, 0.3) is 0 Å². The largest absolute Gasteiger partial charge is 0.469 e. The van der Waals surface area contributed by atoms with E-state index in [-0.39, 0.29) is 11.9 Å². The Morgan fingerprint density at radius 2 is 2.11 bits per heavy atom. The number of carbonyl (C=O) groups is 1. The second kappa shape index (κ2) is 6.47. The molecule has 0 aliphatic carbocycles. The minimum Gasteiger partial charge on any atom is -0.469 e. The van der Waals surface area contributed by atoms with E-state index in [2.05, 4.69) is 14.9 Å². The summed E-state index contributed by atoms with van der Waals surface area (Å²) in [5.41, 5.74) is 0.864. The lowest BCUT2D eigenvalue weighted by atomic mass is 9.97. The van der Waals surface area contributed by atoms with E-state index in [4.69, 9.17) is 9.47 Å². The molecule has 1 aliphatic rings. The molecule has 2 heterocycles. The highest BCUT2D eigenvalue weighted by Crippen LogP contribution is 2.22. The van der Waals surface area contributed by atoms with Crippen LogP contribution in [0.1, 0.15) is 18.5 Å². The van der Waals surface area contributed by atoms with Crippen LogP contribution in [0.15, 0.2) is 12.4 Å². The number of rotatable bonds is 4. The van der Waals surface area contributed by atoms with Gasteiger partial charge in [0.2, 0.25) is 0 Å². The van der Waals surface area contributed by atoms with Crippen molar-refractivity contribution in [2.24, 2.45) is 5.92 Å². The summed E-state index contributed by atoms with van der Waals surface area (Å²) in [7, 11) is 3.08. The van der Waals surface area contributed by atoms with Crippen molar-refractivity contribution in [2.45, 2.75) is 19.4 Å². The molecule has 1 aromatic rings. The highest BCUT2D eigenvalue weighted by molar-refractivity contribution is 5.72. The van der Waals surface area contributed by atoms with Gasteiger partial charge in [-0.05, 0) is 12.8 Å². The lowest BCUT2D eigenvalue weighted by molar-refractivity contribution is -0.146. The van der Waals surface area contributed by atoms with Gasteiger partial charge < -0.3 is 14.4 Å². The number of nitrogens with zero attached hydrogens (tertiary/aromatic N) is 3. The Balaban J connectivity index is 1.97. The Morgan fingerprint density at radius 1 is 1.37 bits per heavy atom. The van der Waals surface area contributed by atoms with Crippen LogP contribution in [0.4, 0.5) is 5.82 Å². The molecule has 0 amide bonds. The van der Waals surface area contributed by atoms with Gasteiger partial charge in [0.1, 0.15) is 12.1 Å². The van der Waals surface area contributed by atoms with Crippen molar-refractivity contribution in [2.75, 3.05) is 32.2 Å². The average Bonchev–Trinajstić information content (AvgIpc) is 2.47. The zero-order valence-electron chi connectivity index (χ0n) is 11.3. The highest BCUT2D eigenvalue weighted by atomic mass is 16.5. The molecule has 0 N–H and O–H groups in total. The fourth-order valence-corrected chi connectivity index (χ4v) is 2.30. The number of hydrogen-bond acceptors (Lipinski definition) is 6. The van der Waals surface area contributed by atoms with E-state index in [1.165, 1.54) is 7.11 Å². The van der Waals surface area contributed by atoms with Crippen LogP contribution in [0, 0.1) is 5.92 Å². The molecule has 2 rings (SSSR count). The second-order valence-corrected chi connectivity index (χ2v) is 4.59. The van der Waals surface area contributed by atoms with Gasteiger partial charge in [-0.25, -0.2) is 9.97 Å². The first-order chi connectivity index (χ1) is 9.24. The molecular weight excluding hydrogens is 246 g/mol. The second-order valence-electron chi connectivity index (χ2n) is 4.59. The number of ether oxygens (including phenoxy) is 2. The third-order valence-electron chi connectivity index (χ3n) is 3.35. The zero-order chi connectivity index (χ0) is 13.7. The predicted molar refractivity (Wildman–Crippen MR) is 69.7 cm³/mol. The van der Waals surface area contributed by atoms with E-state index >= 15 is 0 Å². The van der Waals surface area contributed by atoms with Crippen LogP contribution < -0.4 is 4.90 Å². The Bertz CT molecular complexity index is 431. The summed E-state index contributed by atoms with van der Waals surface area (Å²) < 4.78 is 9.85. The average molecular weight is 265 g/mol. The maximum absolute atomic E-state index is 11.5. The van der Waals surface area contributed by atoms with Gasteiger partial charge in [0.15, 0.2) is 0 Å². The van der Waals surface area contributed by atoms with Gasteiger partial charge in [0.05, 0.1) is 25.3 Å². The first-order valence-corrected chi connectivity index (χ1v) is 6.37. The van der Waals surface area contributed by atoms with Crippen LogP contribution >= 0.6 is 0 Å². The molecule has 0 bridgehead atoms. The zero-order valence-corrected chi connectivity index (χ0v) is 11.3. The van der Waals surface area contributed by atoms with Crippen molar-refractivity contribution in [1.29, 1.82) is 0 Å². The quantitative estimate of drug-likeness (QED) is 0.757. The normalized spacial score (nSPS) is 16.4. The molecule has 0 unspecified atom stereocenters. The Hall–Kier alpha value is -1.69. The molecule has 19 heavy (non-hydrogen) atoms. The monoisotopic (exact) mass is 265 g/mol. The van der Waals surface area contributed by atoms with E-state index in [0.717, 1.165) is 37.4 Å². The van der Waals surface area contributed by atoms with Crippen LogP contribution in [-0.2, 0) is 20.9 Å². The van der Waals surface area contributed by atoms with Crippen molar-refractivity contribution in [3.8, 4) is 0 Å². The summed E-state index contributed by atoms with van der Waals surface area (Å²) in [6.45, 7) is 2.10. The third-order valence-corrected chi connectivity index (χ3v) is 3.35. The lowest BCUT2D eigenvalue weighted by Crippen LogP contribution is -2.37. The molecule has 0 aromatic carbocycles. The molecule has 0 spiro atoms. The number of carbonyl (C=O) groups excluding carboxylic acids is 1. The van der Waals surface area contributed by atoms with Gasteiger partial charge in [-0.3, -0.25) is 4.79 Å². The standard InChI is InChI=1S/C13H19N3O3/c1-18-8-11-7-12(15-9-14-11)16-5-3-10(4-6-16)13(17)19-2/h7,9-10H,3-6,8H2,1-2H3. The first-order valence-electron chi connectivity index (χ1n) is 6.37. The number of hydrogen-bond donors (Lipinski definition) is 0. The molecular formula is C13H19N3O3. The number of esters is 1. The molecule has 0 saturated carbocycles. The smallest absolute Gasteiger partial charge is 0.308 e. The van der Waals surface area contributed by atoms with Crippen molar-refractivity contribution in [1.82, 2.24) is 9.97 Å². The van der Waals surface area contributed by atoms with Crippen molar-refractivity contribution in [3.05, 3.63) is 18.1 Å². The summed E-state index contributed by atoms with van der Waals surface area (Å²) >= 11 is 0. The molecule has 6 heteroatoms. The Kier molecular flexibility index (Phi) is 4.68. The highest BCUT2D eigenvalue weighted by Gasteiger charge is 2.26. The van der Waals surface area contributed by atoms with Gasteiger partial charge in [-0.1, -0.05) is 0 Å². The van der Waals surface area contributed by atoms with Gasteiger partial charge in [0.25, 0.3) is 0 Å². The number of methoxy groups -OCH3 is 2. The maximum atomic E-state index is 11.5.